The third-order valence-corrected chi connectivity index (χ3v) is 2.72. The van der Waals surface area contributed by atoms with Crippen molar-refractivity contribution in [3.8, 4) is 5.75 Å². The van der Waals surface area contributed by atoms with Gasteiger partial charge >= 0.3 is 0 Å². The second-order valence-corrected chi connectivity index (χ2v) is 4.61. The van der Waals surface area contributed by atoms with Gasteiger partial charge in [-0.3, -0.25) is 14.6 Å². The van der Waals surface area contributed by atoms with E-state index in [4.69, 9.17) is 10.5 Å². The molecule has 0 radical (unpaired) electrons. The zero-order valence-electron chi connectivity index (χ0n) is 12.7. The van der Waals surface area contributed by atoms with Gasteiger partial charge in [-0.2, -0.15) is 0 Å². The lowest BCUT2D eigenvalue weighted by molar-refractivity contribution is -0.125. The number of nitrogens with zero attached hydrogens (tertiary/aromatic N) is 1. The van der Waals surface area contributed by atoms with Crippen LogP contribution in [-0.2, 0) is 9.59 Å². The van der Waals surface area contributed by atoms with Crippen LogP contribution in [0, 0.1) is 5.92 Å². The summed E-state index contributed by atoms with van der Waals surface area (Å²) in [5.41, 5.74) is 6.12. The second-order valence-electron chi connectivity index (χ2n) is 4.61. The van der Waals surface area contributed by atoms with Gasteiger partial charge in [-0.1, -0.05) is 13.8 Å². The van der Waals surface area contributed by atoms with Crippen molar-refractivity contribution in [1.29, 1.82) is 0 Å². The lowest BCUT2D eigenvalue weighted by Crippen LogP contribution is -2.46. The van der Waals surface area contributed by atoms with E-state index in [1.54, 1.807) is 12.3 Å². The standard InChI is InChI=1S/C13H20N4O3.2ClH/c1-8(2)12(14)13(19)16-7-11(18)17-9-6-15-5-4-10(9)20-3;;/h4-6,8,12H,7,14H2,1-3H3,(H,16,19)(H,17,18);2*1H/t12-;;/m0../s1. The number of ether oxygens (including phenoxy) is 1. The highest BCUT2D eigenvalue weighted by Gasteiger charge is 2.17. The summed E-state index contributed by atoms with van der Waals surface area (Å²) in [4.78, 5) is 27.2. The lowest BCUT2D eigenvalue weighted by Gasteiger charge is -2.15. The van der Waals surface area contributed by atoms with Gasteiger partial charge < -0.3 is 21.1 Å². The number of aromatic nitrogens is 1. The molecule has 0 unspecified atom stereocenters. The molecule has 126 valence electrons. The number of carbonyl (C=O) groups excluding carboxylic acids is 2. The van der Waals surface area contributed by atoms with Crippen LogP contribution in [0.4, 0.5) is 5.69 Å². The molecule has 2 amide bonds. The van der Waals surface area contributed by atoms with E-state index < -0.39 is 6.04 Å². The Kier molecular flexibility index (Phi) is 11.4. The molecule has 1 rings (SSSR count). The molecule has 1 heterocycles. The maximum Gasteiger partial charge on any atom is 0.243 e. The second kappa shape index (κ2) is 11.1. The highest BCUT2D eigenvalue weighted by molar-refractivity contribution is 5.96. The lowest BCUT2D eigenvalue weighted by atomic mass is 10.1. The van der Waals surface area contributed by atoms with Crippen molar-refractivity contribution in [3.63, 3.8) is 0 Å². The molecule has 0 aliphatic rings. The van der Waals surface area contributed by atoms with Gasteiger partial charge in [0.2, 0.25) is 11.8 Å². The number of hydrogen-bond acceptors (Lipinski definition) is 5. The fourth-order valence-corrected chi connectivity index (χ4v) is 1.44. The van der Waals surface area contributed by atoms with E-state index in [0.29, 0.717) is 11.4 Å². The molecule has 7 nitrogen and oxygen atoms in total. The first kappa shape index (κ1) is 22.7. The highest BCUT2D eigenvalue weighted by atomic mass is 35.5. The number of carbonyl (C=O) groups is 2. The largest absolute Gasteiger partial charge is 0.494 e. The Morgan fingerprint density at radius 2 is 2.00 bits per heavy atom. The van der Waals surface area contributed by atoms with Crippen LogP contribution in [0.5, 0.6) is 5.75 Å². The average molecular weight is 353 g/mol. The SMILES string of the molecule is COc1ccncc1NC(=O)CNC(=O)[C@@H](N)C(C)C.Cl.Cl. The summed E-state index contributed by atoms with van der Waals surface area (Å²) in [6, 6.07) is 0.999. The van der Waals surface area contributed by atoms with Gasteiger partial charge in [0.05, 0.1) is 25.9 Å². The molecule has 1 aromatic heterocycles. The third-order valence-electron chi connectivity index (χ3n) is 2.72. The molecule has 0 saturated carbocycles. The number of methoxy groups -OCH3 is 1. The summed E-state index contributed by atoms with van der Waals surface area (Å²) in [5, 5.41) is 5.09. The zero-order valence-corrected chi connectivity index (χ0v) is 14.3. The van der Waals surface area contributed by atoms with E-state index in [9.17, 15) is 9.59 Å². The van der Waals surface area contributed by atoms with Gasteiger partial charge in [-0.25, -0.2) is 0 Å². The van der Waals surface area contributed by atoms with E-state index in [2.05, 4.69) is 15.6 Å². The first-order valence-corrected chi connectivity index (χ1v) is 6.26. The van der Waals surface area contributed by atoms with Gasteiger partial charge in [0.1, 0.15) is 11.4 Å². The van der Waals surface area contributed by atoms with Crippen molar-refractivity contribution in [3.05, 3.63) is 18.5 Å². The molecule has 0 aliphatic carbocycles. The summed E-state index contributed by atoms with van der Waals surface area (Å²) >= 11 is 0. The fourth-order valence-electron chi connectivity index (χ4n) is 1.44. The van der Waals surface area contributed by atoms with Crippen molar-refractivity contribution in [1.82, 2.24) is 10.3 Å². The average Bonchev–Trinajstić information content (AvgIpc) is 2.44. The first-order chi connectivity index (χ1) is 9.45. The molecule has 4 N–H and O–H groups in total. The van der Waals surface area contributed by atoms with Crippen LogP contribution < -0.4 is 21.1 Å². The van der Waals surface area contributed by atoms with Crippen LogP contribution >= 0.6 is 24.8 Å². The van der Waals surface area contributed by atoms with Gasteiger partial charge in [0.25, 0.3) is 0 Å². The summed E-state index contributed by atoms with van der Waals surface area (Å²) < 4.78 is 5.08. The van der Waals surface area contributed by atoms with Crippen LogP contribution in [0.3, 0.4) is 0 Å². The molecule has 1 atom stereocenters. The minimum absolute atomic E-state index is 0. The number of rotatable bonds is 6. The molecule has 0 fully saturated rings. The predicted octanol–water partition coefficient (Wildman–Crippen LogP) is 0.972. The molecule has 9 heteroatoms. The van der Waals surface area contributed by atoms with Crippen LogP contribution in [0.15, 0.2) is 18.5 Å². The topological polar surface area (TPSA) is 106 Å². The van der Waals surface area contributed by atoms with E-state index in [0.717, 1.165) is 0 Å². The third kappa shape index (κ3) is 6.93. The summed E-state index contributed by atoms with van der Waals surface area (Å²) in [5.74, 6) is -0.219. The van der Waals surface area contributed by atoms with Crippen LogP contribution in [0.2, 0.25) is 0 Å². The summed E-state index contributed by atoms with van der Waals surface area (Å²) in [6.07, 6.45) is 3.02. The van der Waals surface area contributed by atoms with Crippen LogP contribution in [0.25, 0.3) is 0 Å². The maximum absolute atomic E-state index is 11.7. The van der Waals surface area contributed by atoms with E-state index >= 15 is 0 Å². The number of nitrogens with two attached hydrogens (primary N) is 1. The number of anilines is 1. The molecule has 22 heavy (non-hydrogen) atoms. The van der Waals surface area contributed by atoms with E-state index in [1.807, 2.05) is 13.8 Å². The smallest absolute Gasteiger partial charge is 0.243 e. The van der Waals surface area contributed by atoms with Gasteiger partial charge in [0.15, 0.2) is 0 Å². The van der Waals surface area contributed by atoms with Crippen molar-refractivity contribution in [2.75, 3.05) is 19.0 Å². The minimum atomic E-state index is -0.629. The Balaban J connectivity index is 0. The Morgan fingerprint density at radius 1 is 1.36 bits per heavy atom. The fraction of sp³-hybridized carbons (Fsp3) is 0.462. The molecule has 0 saturated heterocycles. The number of hydrogen-bond donors (Lipinski definition) is 3. The quantitative estimate of drug-likeness (QED) is 0.707. The minimum Gasteiger partial charge on any atom is -0.494 e. The van der Waals surface area contributed by atoms with Gasteiger partial charge in [-0.15, -0.1) is 24.8 Å². The molecule has 1 aromatic rings. The van der Waals surface area contributed by atoms with Gasteiger partial charge in [-0.05, 0) is 5.92 Å². The highest BCUT2D eigenvalue weighted by Crippen LogP contribution is 2.21. The normalized spacial score (nSPS) is 10.8. The van der Waals surface area contributed by atoms with Crippen molar-refractivity contribution in [2.45, 2.75) is 19.9 Å². The van der Waals surface area contributed by atoms with Crippen LogP contribution in [-0.4, -0.2) is 36.5 Å². The number of pyridine rings is 1. The van der Waals surface area contributed by atoms with Gasteiger partial charge in [0, 0.05) is 12.3 Å². The Morgan fingerprint density at radius 3 is 2.55 bits per heavy atom. The first-order valence-electron chi connectivity index (χ1n) is 6.26. The Labute approximate surface area is 142 Å². The number of amides is 2. The van der Waals surface area contributed by atoms with Crippen LogP contribution in [0.1, 0.15) is 13.8 Å². The number of halogens is 2. The number of nitrogens with one attached hydrogen (secondary N) is 2. The van der Waals surface area contributed by atoms with E-state index in [-0.39, 0.29) is 49.1 Å². The maximum atomic E-state index is 11.7. The zero-order chi connectivity index (χ0) is 15.1. The van der Waals surface area contributed by atoms with Crippen molar-refractivity contribution >= 4 is 42.3 Å². The summed E-state index contributed by atoms with van der Waals surface area (Å²) in [7, 11) is 1.49. The molecular formula is C13H22Cl2N4O3. The molecule has 0 bridgehead atoms. The van der Waals surface area contributed by atoms with Crippen molar-refractivity contribution in [2.24, 2.45) is 11.7 Å². The molecule has 0 aromatic carbocycles. The summed E-state index contributed by atoms with van der Waals surface area (Å²) in [6.45, 7) is 3.52. The molecule has 0 spiro atoms. The predicted molar refractivity (Wildman–Crippen MR) is 89.7 cm³/mol. The van der Waals surface area contributed by atoms with E-state index in [1.165, 1.54) is 13.3 Å². The molecule has 0 aliphatic heterocycles. The molecular weight excluding hydrogens is 331 g/mol. The Bertz CT molecular complexity index is 486. The van der Waals surface area contributed by atoms with Crippen molar-refractivity contribution < 1.29 is 14.3 Å². The Hall–Kier alpha value is -1.57. The monoisotopic (exact) mass is 352 g/mol.